The van der Waals surface area contributed by atoms with Crippen molar-refractivity contribution < 1.29 is 0 Å². The summed E-state index contributed by atoms with van der Waals surface area (Å²) in [5.74, 6) is 2.85. The zero-order valence-corrected chi connectivity index (χ0v) is 19.3. The molecule has 3 aliphatic heterocycles. The Hall–Kier alpha value is -3.12. The quantitative estimate of drug-likeness (QED) is 0.467. The third-order valence-electron chi connectivity index (χ3n) is 6.84. The third kappa shape index (κ3) is 4.04. The lowest BCUT2D eigenvalue weighted by molar-refractivity contribution is 0.585. The predicted molar refractivity (Wildman–Crippen MR) is 132 cm³/mol. The van der Waals surface area contributed by atoms with Crippen LogP contribution in [-0.2, 0) is 19.5 Å². The predicted octanol–water partition coefficient (Wildman–Crippen LogP) is 4.71. The molecule has 1 fully saturated rings. The number of nitrogens with zero attached hydrogens (tertiary/aromatic N) is 4. The van der Waals surface area contributed by atoms with Crippen molar-refractivity contribution in [1.29, 1.82) is 0 Å². The largest absolute Gasteiger partial charge is 0.365 e. The monoisotopic (exact) mass is 461 g/mol. The van der Waals surface area contributed by atoms with Crippen LogP contribution in [-0.4, -0.2) is 25.1 Å². The molecule has 3 heterocycles. The Morgan fingerprint density at radius 1 is 0.909 bits per heavy atom. The van der Waals surface area contributed by atoms with Crippen LogP contribution in [0.3, 0.4) is 0 Å². The number of aromatic nitrogens is 4. The van der Waals surface area contributed by atoms with Crippen LogP contribution in [0.2, 0.25) is 0 Å². The molecule has 4 aliphatic rings. The molecule has 0 amide bonds. The van der Waals surface area contributed by atoms with Crippen LogP contribution in [0.5, 0.6) is 0 Å². The second-order valence-electron chi connectivity index (χ2n) is 9.08. The van der Waals surface area contributed by atoms with Gasteiger partial charge in [-0.25, -0.2) is 14.8 Å². The van der Waals surface area contributed by atoms with Crippen LogP contribution >= 0.6 is 12.4 Å². The van der Waals surface area contributed by atoms with Crippen LogP contribution < -0.4 is 11.0 Å². The highest BCUT2D eigenvalue weighted by Gasteiger charge is 2.33. The number of nitrogens with one attached hydrogen (secondary N) is 1. The lowest BCUT2D eigenvalue weighted by Crippen LogP contribution is -2.32. The maximum absolute atomic E-state index is 13.6. The highest BCUT2D eigenvalue weighted by molar-refractivity contribution is 5.85. The number of anilines is 1. The molecule has 33 heavy (non-hydrogen) atoms. The Labute approximate surface area is 199 Å². The molecule has 1 aliphatic carbocycles. The minimum atomic E-state index is -0.0164. The average molecular weight is 462 g/mol. The van der Waals surface area contributed by atoms with Crippen molar-refractivity contribution in [3.05, 3.63) is 88.1 Å². The summed E-state index contributed by atoms with van der Waals surface area (Å²) in [7, 11) is 0. The highest BCUT2D eigenvalue weighted by atomic mass is 35.5. The summed E-state index contributed by atoms with van der Waals surface area (Å²) in [6.45, 7) is 1.14. The summed E-state index contributed by atoms with van der Waals surface area (Å²) in [6, 6.07) is 20.7. The number of benzene rings is 2. The normalized spacial score (nSPS) is 17.6. The van der Waals surface area contributed by atoms with Crippen molar-refractivity contribution >= 4 is 18.2 Å². The molecule has 1 saturated carbocycles. The molecule has 6 nitrogen and oxygen atoms in total. The van der Waals surface area contributed by atoms with E-state index in [1.165, 1.54) is 18.4 Å². The first kappa shape index (κ1) is 21.7. The van der Waals surface area contributed by atoms with Gasteiger partial charge in [-0.05, 0) is 30.4 Å². The van der Waals surface area contributed by atoms with Gasteiger partial charge in [-0.2, -0.15) is 0 Å². The smallest absolute Gasteiger partial charge is 0.331 e. The molecule has 0 spiro atoms. The summed E-state index contributed by atoms with van der Waals surface area (Å²) >= 11 is 0. The van der Waals surface area contributed by atoms with Gasteiger partial charge in [-0.3, -0.25) is 9.13 Å². The van der Waals surface area contributed by atoms with E-state index >= 15 is 0 Å². The van der Waals surface area contributed by atoms with Crippen LogP contribution in [0, 0.1) is 0 Å². The summed E-state index contributed by atoms with van der Waals surface area (Å²) in [6.07, 6.45) is 5.61. The standard InChI is InChI=1S/C26H27N5O.ClH/c32-26-30(16-19-11-5-2-6-12-19)25-22(28-23(29-25)20-13-7-8-14-20)24-27-21(17-31(24)26)15-18-9-3-1-4-10-18;/h1-6,9-12,20-21,27H,7-8,13-17H2;1H/t21-;/m1./s1. The van der Waals surface area contributed by atoms with E-state index in [4.69, 9.17) is 9.97 Å². The molecular formula is C26H28ClN5O. The molecule has 0 bridgehead atoms. The molecule has 1 atom stereocenters. The van der Waals surface area contributed by atoms with Gasteiger partial charge < -0.3 is 5.32 Å². The first-order chi connectivity index (χ1) is 15.8. The third-order valence-corrected chi connectivity index (χ3v) is 6.84. The second kappa shape index (κ2) is 9.02. The van der Waals surface area contributed by atoms with Crippen molar-refractivity contribution in [1.82, 2.24) is 19.1 Å². The van der Waals surface area contributed by atoms with Crippen LogP contribution in [0.15, 0.2) is 65.5 Å². The summed E-state index contributed by atoms with van der Waals surface area (Å²) in [5.41, 5.74) is 3.17. The van der Waals surface area contributed by atoms with Crippen molar-refractivity contribution in [3.63, 3.8) is 0 Å². The number of hydrogen-bond acceptors (Lipinski definition) is 4. The molecule has 2 aromatic carbocycles. The van der Waals surface area contributed by atoms with Crippen molar-refractivity contribution in [3.8, 4) is 11.5 Å². The van der Waals surface area contributed by atoms with Crippen molar-refractivity contribution in [2.45, 2.75) is 57.2 Å². The summed E-state index contributed by atoms with van der Waals surface area (Å²) < 4.78 is 3.68. The van der Waals surface area contributed by atoms with Crippen LogP contribution in [0.1, 0.15) is 48.6 Å². The molecule has 2 aromatic rings. The lowest BCUT2D eigenvalue weighted by Gasteiger charge is -2.14. The summed E-state index contributed by atoms with van der Waals surface area (Å²) in [4.78, 5) is 23.6. The number of halogens is 1. The molecule has 0 radical (unpaired) electrons. The summed E-state index contributed by atoms with van der Waals surface area (Å²) in [5, 5.41) is 3.61. The van der Waals surface area contributed by atoms with Gasteiger partial charge >= 0.3 is 5.69 Å². The van der Waals surface area contributed by atoms with Crippen molar-refractivity contribution in [2.75, 3.05) is 5.32 Å². The van der Waals surface area contributed by atoms with Gasteiger partial charge in [-0.15, -0.1) is 12.4 Å². The van der Waals surface area contributed by atoms with Gasteiger partial charge in [-0.1, -0.05) is 73.5 Å². The van der Waals surface area contributed by atoms with Gasteiger partial charge in [0, 0.05) is 18.5 Å². The topological polar surface area (TPSA) is 64.7 Å². The van der Waals surface area contributed by atoms with E-state index in [9.17, 15) is 4.79 Å². The highest BCUT2D eigenvalue weighted by Crippen LogP contribution is 2.37. The number of hydrogen-bond donors (Lipinski definition) is 1. The maximum atomic E-state index is 13.6. The van der Waals surface area contributed by atoms with Gasteiger partial charge in [0.1, 0.15) is 17.3 Å². The van der Waals surface area contributed by atoms with Crippen LogP contribution in [0.25, 0.3) is 11.5 Å². The lowest BCUT2D eigenvalue weighted by atomic mass is 10.1. The molecule has 0 aromatic heterocycles. The maximum Gasteiger partial charge on any atom is 0.331 e. The Balaban J connectivity index is 0.00000228. The molecule has 1 N–H and O–H groups in total. The molecule has 7 heteroatoms. The molecule has 6 rings (SSSR count). The Morgan fingerprint density at radius 3 is 2.27 bits per heavy atom. The zero-order chi connectivity index (χ0) is 21.5. The van der Waals surface area contributed by atoms with E-state index < -0.39 is 0 Å². The molecule has 0 saturated heterocycles. The van der Waals surface area contributed by atoms with E-state index in [0.29, 0.717) is 24.8 Å². The SMILES string of the molecule is Cl.O=c1n(Cc2ccccc2)c2nc(C3CCCC3)nc-2c2n1C[C@@H](Cc1ccccc1)N2. The van der Waals surface area contributed by atoms with Gasteiger partial charge in [0.25, 0.3) is 0 Å². The second-order valence-corrected chi connectivity index (χ2v) is 9.08. The van der Waals surface area contributed by atoms with E-state index in [1.54, 1.807) is 0 Å². The minimum Gasteiger partial charge on any atom is -0.365 e. The van der Waals surface area contributed by atoms with Gasteiger partial charge in [0.05, 0.1) is 6.54 Å². The van der Waals surface area contributed by atoms with E-state index in [1.807, 2.05) is 33.4 Å². The average Bonchev–Trinajstić information content (AvgIpc) is 3.57. The Bertz CT molecular complexity index is 1260. The number of imidazole rings is 1. The molecular weight excluding hydrogens is 434 g/mol. The fourth-order valence-electron chi connectivity index (χ4n) is 5.22. The van der Waals surface area contributed by atoms with E-state index in [0.717, 1.165) is 42.2 Å². The first-order valence-corrected chi connectivity index (χ1v) is 11.6. The Morgan fingerprint density at radius 2 is 1.58 bits per heavy atom. The fraction of sp³-hybridized carbons (Fsp3) is 0.346. The Kier molecular flexibility index (Phi) is 5.94. The number of rotatable bonds is 5. The zero-order valence-electron chi connectivity index (χ0n) is 18.5. The van der Waals surface area contributed by atoms with Crippen molar-refractivity contribution in [2.24, 2.45) is 0 Å². The van der Waals surface area contributed by atoms with Gasteiger partial charge in [0.15, 0.2) is 5.82 Å². The van der Waals surface area contributed by atoms with E-state index in [2.05, 4.69) is 41.7 Å². The van der Waals surface area contributed by atoms with E-state index in [-0.39, 0.29) is 24.1 Å². The van der Waals surface area contributed by atoms with Crippen LogP contribution in [0.4, 0.5) is 5.82 Å². The fourth-order valence-corrected chi connectivity index (χ4v) is 5.22. The first-order valence-electron chi connectivity index (χ1n) is 11.6. The minimum absolute atomic E-state index is 0. The molecule has 170 valence electrons. The number of fused-ring (bicyclic) bond motifs is 3. The van der Waals surface area contributed by atoms with Gasteiger partial charge in [0.2, 0.25) is 0 Å². The molecule has 0 unspecified atom stereocenters.